The van der Waals surface area contributed by atoms with Crippen LogP contribution in [0.3, 0.4) is 0 Å². The van der Waals surface area contributed by atoms with Crippen LogP contribution in [0, 0.1) is 0 Å². The number of benzene rings is 2. The van der Waals surface area contributed by atoms with Gasteiger partial charge in [-0.15, -0.1) is 4.83 Å². The average Bonchev–Trinajstić information content (AvgIpc) is 2.60. The zero-order valence-electron chi connectivity index (χ0n) is 13.9. The van der Waals surface area contributed by atoms with Crippen LogP contribution < -0.4 is 19.7 Å². The van der Waals surface area contributed by atoms with E-state index in [1.807, 2.05) is 6.92 Å². The van der Waals surface area contributed by atoms with Crippen molar-refractivity contribution in [2.45, 2.75) is 11.8 Å². The molecule has 0 heterocycles. The molecule has 0 bridgehead atoms. The van der Waals surface area contributed by atoms with E-state index in [2.05, 4.69) is 16.8 Å². The quantitative estimate of drug-likeness (QED) is 0.622. The van der Waals surface area contributed by atoms with Crippen LogP contribution in [0.2, 0.25) is 0 Å². The van der Waals surface area contributed by atoms with Gasteiger partial charge in [-0.3, -0.25) is 0 Å². The Hall–Kier alpha value is -2.71. The number of phenols is 1. The van der Waals surface area contributed by atoms with Crippen LogP contribution in [0.25, 0.3) is 5.70 Å². The normalized spacial score (nSPS) is 11.0. The number of hydrogen-bond acceptors (Lipinski definition) is 6. The highest BCUT2D eigenvalue weighted by Gasteiger charge is 2.15. The molecule has 0 fully saturated rings. The predicted molar refractivity (Wildman–Crippen MR) is 94.8 cm³/mol. The molecule has 0 aliphatic rings. The van der Waals surface area contributed by atoms with Gasteiger partial charge in [-0.05, 0) is 43.3 Å². The van der Waals surface area contributed by atoms with E-state index in [1.54, 1.807) is 24.3 Å². The SMILES string of the molecule is C=C(NNS(=O)(=O)c1ccc(OCC)cc1)c1ccc(OC)cc1O. The predicted octanol–water partition coefficient (Wildman–Crippen LogP) is 2.25. The van der Waals surface area contributed by atoms with Crippen molar-refractivity contribution in [1.82, 2.24) is 10.3 Å². The minimum Gasteiger partial charge on any atom is -0.507 e. The minimum atomic E-state index is -3.80. The van der Waals surface area contributed by atoms with Crippen LogP contribution >= 0.6 is 0 Å². The number of hydrazine groups is 1. The van der Waals surface area contributed by atoms with Crippen LogP contribution in [0.15, 0.2) is 53.9 Å². The minimum absolute atomic E-state index is 0.0650. The van der Waals surface area contributed by atoms with Crippen molar-refractivity contribution in [3.05, 3.63) is 54.6 Å². The summed E-state index contributed by atoms with van der Waals surface area (Å²) in [6.07, 6.45) is 0. The summed E-state index contributed by atoms with van der Waals surface area (Å²) in [7, 11) is -2.33. The third-order valence-electron chi connectivity index (χ3n) is 3.31. The number of nitrogens with one attached hydrogen (secondary N) is 2. The topological polar surface area (TPSA) is 96.9 Å². The monoisotopic (exact) mass is 364 g/mol. The molecule has 0 amide bonds. The molecular formula is C17H20N2O5S. The second-order valence-corrected chi connectivity index (χ2v) is 6.68. The number of phenolic OH excluding ortho intramolecular Hbond substituents is 1. The van der Waals surface area contributed by atoms with Gasteiger partial charge in [0.25, 0.3) is 10.0 Å². The zero-order valence-corrected chi connectivity index (χ0v) is 14.8. The lowest BCUT2D eigenvalue weighted by Crippen LogP contribution is -2.35. The molecular weight excluding hydrogens is 344 g/mol. The highest BCUT2D eigenvalue weighted by molar-refractivity contribution is 7.89. The molecule has 0 atom stereocenters. The molecule has 0 spiro atoms. The Balaban J connectivity index is 2.07. The first-order chi connectivity index (χ1) is 11.9. The molecule has 0 saturated carbocycles. The Morgan fingerprint density at radius 1 is 1.16 bits per heavy atom. The van der Waals surface area contributed by atoms with Crippen molar-refractivity contribution in [2.24, 2.45) is 0 Å². The average molecular weight is 364 g/mol. The smallest absolute Gasteiger partial charge is 0.257 e. The highest BCUT2D eigenvalue weighted by atomic mass is 32.2. The first-order valence-corrected chi connectivity index (χ1v) is 8.92. The van der Waals surface area contributed by atoms with Crippen molar-refractivity contribution < 1.29 is 23.0 Å². The maximum Gasteiger partial charge on any atom is 0.257 e. The molecule has 0 aliphatic carbocycles. The number of sulfonamides is 1. The van der Waals surface area contributed by atoms with E-state index < -0.39 is 10.0 Å². The van der Waals surface area contributed by atoms with Gasteiger partial charge in [0.05, 0.1) is 24.3 Å². The number of aromatic hydroxyl groups is 1. The molecule has 7 nitrogen and oxygen atoms in total. The molecule has 0 unspecified atom stereocenters. The van der Waals surface area contributed by atoms with Crippen LogP contribution in [-0.4, -0.2) is 27.2 Å². The Labute approximate surface area is 146 Å². The maximum atomic E-state index is 12.3. The summed E-state index contributed by atoms with van der Waals surface area (Å²) >= 11 is 0. The van der Waals surface area contributed by atoms with Gasteiger partial charge >= 0.3 is 0 Å². The standard InChI is InChI=1S/C17H20N2O5S/c1-4-24-13-5-8-15(9-6-13)25(21,22)19-18-12(2)16-10-7-14(23-3)11-17(16)20/h5-11,18-20H,2,4H2,1,3H3. The van der Waals surface area contributed by atoms with E-state index >= 15 is 0 Å². The number of methoxy groups -OCH3 is 1. The molecule has 2 rings (SSSR count). The molecule has 3 N–H and O–H groups in total. The second kappa shape index (κ2) is 7.91. The molecule has 2 aromatic carbocycles. The lowest BCUT2D eigenvalue weighted by atomic mass is 10.1. The summed E-state index contributed by atoms with van der Waals surface area (Å²) in [6.45, 7) is 6.06. The molecule has 2 aromatic rings. The first-order valence-electron chi connectivity index (χ1n) is 7.44. The van der Waals surface area contributed by atoms with Gasteiger partial charge in [0.2, 0.25) is 0 Å². The fourth-order valence-corrected chi connectivity index (χ4v) is 2.90. The Bertz CT molecular complexity index is 848. The molecule has 0 radical (unpaired) electrons. The number of rotatable bonds is 8. The van der Waals surface area contributed by atoms with Crippen molar-refractivity contribution in [2.75, 3.05) is 13.7 Å². The molecule has 0 saturated heterocycles. The molecule has 134 valence electrons. The third kappa shape index (κ3) is 4.65. The fourth-order valence-electron chi connectivity index (χ4n) is 2.03. The number of ether oxygens (including phenoxy) is 2. The lowest BCUT2D eigenvalue weighted by molar-refractivity contribution is 0.340. The largest absolute Gasteiger partial charge is 0.507 e. The van der Waals surface area contributed by atoms with E-state index in [-0.39, 0.29) is 16.3 Å². The molecule has 8 heteroatoms. The van der Waals surface area contributed by atoms with Gasteiger partial charge in [0.1, 0.15) is 17.2 Å². The van der Waals surface area contributed by atoms with E-state index in [4.69, 9.17) is 9.47 Å². The maximum absolute atomic E-state index is 12.3. The summed E-state index contributed by atoms with van der Waals surface area (Å²) in [5.74, 6) is 0.975. The molecule has 0 aromatic heterocycles. The van der Waals surface area contributed by atoms with E-state index in [9.17, 15) is 13.5 Å². The molecule has 0 aliphatic heterocycles. The molecule has 25 heavy (non-hydrogen) atoms. The van der Waals surface area contributed by atoms with Gasteiger partial charge in [-0.1, -0.05) is 6.58 Å². The van der Waals surface area contributed by atoms with E-state index in [0.717, 1.165) is 0 Å². The fraction of sp³-hybridized carbons (Fsp3) is 0.176. The third-order valence-corrected chi connectivity index (χ3v) is 4.57. The zero-order chi connectivity index (χ0) is 18.4. The Morgan fingerprint density at radius 3 is 2.36 bits per heavy atom. The van der Waals surface area contributed by atoms with Crippen molar-refractivity contribution in [1.29, 1.82) is 0 Å². The van der Waals surface area contributed by atoms with Crippen LogP contribution in [0.4, 0.5) is 0 Å². The Morgan fingerprint density at radius 2 is 1.80 bits per heavy atom. The van der Waals surface area contributed by atoms with Crippen LogP contribution in [0.1, 0.15) is 12.5 Å². The van der Waals surface area contributed by atoms with Gasteiger partial charge in [0.15, 0.2) is 0 Å². The lowest BCUT2D eigenvalue weighted by Gasteiger charge is -2.13. The van der Waals surface area contributed by atoms with Gasteiger partial charge in [0, 0.05) is 11.6 Å². The summed E-state index contributed by atoms with van der Waals surface area (Å²) < 4.78 is 34.8. The first kappa shape index (κ1) is 18.6. The second-order valence-electron chi connectivity index (χ2n) is 5.00. The van der Waals surface area contributed by atoms with Crippen LogP contribution in [0.5, 0.6) is 17.2 Å². The summed E-state index contributed by atoms with van der Waals surface area (Å²) in [5.41, 5.74) is 3.02. The van der Waals surface area contributed by atoms with Crippen LogP contribution in [-0.2, 0) is 10.0 Å². The van der Waals surface area contributed by atoms with Gasteiger partial charge in [-0.2, -0.15) is 0 Å². The summed E-state index contributed by atoms with van der Waals surface area (Å²) in [6, 6.07) is 10.6. The summed E-state index contributed by atoms with van der Waals surface area (Å²) in [5, 5.41) is 9.95. The van der Waals surface area contributed by atoms with Gasteiger partial charge < -0.3 is 20.0 Å². The highest BCUT2D eigenvalue weighted by Crippen LogP contribution is 2.27. The van der Waals surface area contributed by atoms with Gasteiger partial charge in [-0.25, -0.2) is 8.42 Å². The van der Waals surface area contributed by atoms with E-state index in [0.29, 0.717) is 23.7 Å². The van der Waals surface area contributed by atoms with E-state index in [1.165, 1.54) is 25.3 Å². The van der Waals surface area contributed by atoms with Crippen molar-refractivity contribution in [3.8, 4) is 17.2 Å². The number of hydrogen-bond donors (Lipinski definition) is 3. The van der Waals surface area contributed by atoms with Crippen molar-refractivity contribution >= 4 is 15.7 Å². The van der Waals surface area contributed by atoms with Crippen molar-refractivity contribution in [3.63, 3.8) is 0 Å². The Kier molecular flexibility index (Phi) is 5.89. The summed E-state index contributed by atoms with van der Waals surface area (Å²) in [4.78, 5) is 2.29.